The predicted octanol–water partition coefficient (Wildman–Crippen LogP) is 3.73. The molecular weight excluding hydrogens is 476 g/mol. The molecule has 9 heteroatoms. The van der Waals surface area contributed by atoms with Gasteiger partial charge in [0.05, 0.1) is 30.7 Å². The molecule has 0 bridgehead atoms. The van der Waals surface area contributed by atoms with Crippen LogP contribution in [-0.4, -0.2) is 60.3 Å². The Labute approximate surface area is 216 Å². The molecule has 0 spiro atoms. The molecule has 2 aliphatic carbocycles. The largest absolute Gasteiger partial charge is 0.466 e. The van der Waals surface area contributed by atoms with Crippen molar-refractivity contribution in [2.24, 2.45) is 5.92 Å². The smallest absolute Gasteiger partial charge is 0.407 e. The molecule has 4 atom stereocenters. The molecule has 4 rings (SSSR count). The van der Waals surface area contributed by atoms with Gasteiger partial charge < -0.3 is 30.0 Å². The van der Waals surface area contributed by atoms with Crippen LogP contribution in [0.2, 0.25) is 0 Å². The molecule has 0 unspecified atom stereocenters. The summed E-state index contributed by atoms with van der Waals surface area (Å²) in [5, 5.41) is 16.2. The van der Waals surface area contributed by atoms with Gasteiger partial charge in [-0.15, -0.1) is 0 Å². The van der Waals surface area contributed by atoms with Crippen LogP contribution < -0.4 is 10.6 Å². The van der Waals surface area contributed by atoms with Crippen LogP contribution in [0, 0.1) is 5.92 Å². The average Bonchev–Trinajstić information content (AvgIpc) is 3.32. The first-order valence-electron chi connectivity index (χ1n) is 12.5. The lowest BCUT2D eigenvalue weighted by Crippen LogP contribution is -2.51. The first kappa shape index (κ1) is 26.5. The van der Waals surface area contributed by atoms with Crippen molar-refractivity contribution < 1.29 is 33.7 Å². The fourth-order valence-electron chi connectivity index (χ4n) is 5.11. The quantitative estimate of drug-likeness (QED) is 0.400. The maximum atomic E-state index is 12.9. The molecule has 0 aromatic heterocycles. The summed E-state index contributed by atoms with van der Waals surface area (Å²) in [7, 11) is 0. The van der Waals surface area contributed by atoms with Crippen LogP contribution in [0.3, 0.4) is 0 Å². The Bertz CT molecular complexity index is 1110. The van der Waals surface area contributed by atoms with Gasteiger partial charge in [0.1, 0.15) is 12.2 Å². The van der Waals surface area contributed by atoms with E-state index in [1.807, 2.05) is 48.5 Å². The lowest BCUT2D eigenvalue weighted by Gasteiger charge is -2.25. The Kier molecular flexibility index (Phi) is 7.73. The number of carbonyl (C=O) groups is 3. The highest BCUT2D eigenvalue weighted by Crippen LogP contribution is 2.44. The van der Waals surface area contributed by atoms with Crippen LogP contribution >= 0.6 is 0 Å². The number of aliphatic hydroxyl groups excluding tert-OH is 1. The second-order valence-corrected chi connectivity index (χ2v) is 10.3. The molecule has 2 amide bonds. The van der Waals surface area contributed by atoms with Gasteiger partial charge in [-0.3, -0.25) is 4.79 Å². The number of nitrogens with one attached hydrogen (secondary N) is 2. The Morgan fingerprint density at radius 2 is 1.51 bits per heavy atom. The van der Waals surface area contributed by atoms with Crippen LogP contribution in [0.15, 0.2) is 48.5 Å². The molecule has 1 fully saturated rings. The van der Waals surface area contributed by atoms with Crippen molar-refractivity contribution >= 4 is 18.2 Å². The van der Waals surface area contributed by atoms with Crippen LogP contribution in [-0.2, 0) is 19.0 Å². The topological polar surface area (TPSA) is 123 Å². The number of benzene rings is 2. The highest BCUT2D eigenvalue weighted by molar-refractivity contribution is 5.79. The van der Waals surface area contributed by atoms with Gasteiger partial charge >= 0.3 is 18.2 Å². The van der Waals surface area contributed by atoms with Crippen molar-refractivity contribution in [1.82, 2.24) is 10.6 Å². The summed E-state index contributed by atoms with van der Waals surface area (Å²) in [5.41, 5.74) is 3.63. The molecule has 0 aliphatic heterocycles. The zero-order valence-corrected chi connectivity index (χ0v) is 21.5. The second-order valence-electron chi connectivity index (χ2n) is 10.3. The van der Waals surface area contributed by atoms with E-state index in [0.717, 1.165) is 22.3 Å². The molecule has 0 heterocycles. The van der Waals surface area contributed by atoms with Gasteiger partial charge in [0.2, 0.25) is 0 Å². The van der Waals surface area contributed by atoms with Gasteiger partial charge in [-0.1, -0.05) is 48.5 Å². The predicted molar refractivity (Wildman–Crippen MR) is 136 cm³/mol. The molecule has 9 nitrogen and oxygen atoms in total. The molecule has 3 N–H and O–H groups in total. The minimum atomic E-state index is -1.25. The lowest BCUT2D eigenvalue weighted by molar-refractivity contribution is -0.148. The van der Waals surface area contributed by atoms with E-state index in [2.05, 4.69) is 10.6 Å². The molecule has 198 valence electrons. The van der Waals surface area contributed by atoms with Gasteiger partial charge in [-0.25, -0.2) is 9.59 Å². The minimum Gasteiger partial charge on any atom is -0.466 e. The Morgan fingerprint density at radius 3 is 2.08 bits per heavy atom. The number of aliphatic hydroxyl groups is 1. The van der Waals surface area contributed by atoms with Crippen molar-refractivity contribution in [3.8, 4) is 11.1 Å². The van der Waals surface area contributed by atoms with E-state index in [4.69, 9.17) is 14.2 Å². The maximum absolute atomic E-state index is 12.9. The van der Waals surface area contributed by atoms with Crippen LogP contribution in [0.5, 0.6) is 0 Å². The highest BCUT2D eigenvalue weighted by Gasteiger charge is 2.48. The number of rotatable bonds is 6. The van der Waals surface area contributed by atoms with Crippen molar-refractivity contribution in [3.05, 3.63) is 59.7 Å². The summed E-state index contributed by atoms with van der Waals surface area (Å²) >= 11 is 0. The monoisotopic (exact) mass is 510 g/mol. The van der Waals surface area contributed by atoms with Crippen molar-refractivity contribution in [2.75, 3.05) is 13.2 Å². The number of amides is 2. The third-order valence-corrected chi connectivity index (χ3v) is 6.64. The molecule has 2 aromatic rings. The summed E-state index contributed by atoms with van der Waals surface area (Å²) in [5.74, 6) is -1.57. The van der Waals surface area contributed by atoms with Gasteiger partial charge in [0.15, 0.2) is 0 Å². The van der Waals surface area contributed by atoms with Crippen molar-refractivity contribution in [3.63, 3.8) is 0 Å². The number of esters is 1. The summed E-state index contributed by atoms with van der Waals surface area (Å²) in [4.78, 5) is 37.7. The van der Waals surface area contributed by atoms with E-state index in [1.165, 1.54) is 0 Å². The summed E-state index contributed by atoms with van der Waals surface area (Å²) in [6, 6.07) is 14.2. The Balaban J connectivity index is 1.43. The maximum Gasteiger partial charge on any atom is 0.407 e. The van der Waals surface area contributed by atoms with E-state index >= 15 is 0 Å². The van der Waals surface area contributed by atoms with E-state index < -0.39 is 47.9 Å². The molecule has 2 aliphatic rings. The first-order valence-corrected chi connectivity index (χ1v) is 12.5. The van der Waals surface area contributed by atoms with Crippen LogP contribution in [0.25, 0.3) is 11.1 Å². The second kappa shape index (κ2) is 10.8. The zero-order valence-electron chi connectivity index (χ0n) is 21.5. The fraction of sp³-hybridized carbons (Fsp3) is 0.464. The fourth-order valence-corrected chi connectivity index (χ4v) is 5.11. The minimum absolute atomic E-state index is 0.0769. The molecule has 2 aromatic carbocycles. The zero-order chi connectivity index (χ0) is 26.7. The normalized spacial score (nSPS) is 22.5. The third-order valence-electron chi connectivity index (χ3n) is 6.64. The Hall–Kier alpha value is -3.59. The summed E-state index contributed by atoms with van der Waals surface area (Å²) in [6.45, 7) is 7.08. The van der Waals surface area contributed by atoms with E-state index in [9.17, 15) is 19.5 Å². The highest BCUT2D eigenvalue weighted by atomic mass is 16.6. The molecule has 1 saturated carbocycles. The number of carbonyl (C=O) groups excluding carboxylic acids is 3. The van der Waals surface area contributed by atoms with Crippen LogP contribution in [0.4, 0.5) is 9.59 Å². The Morgan fingerprint density at radius 1 is 0.919 bits per heavy atom. The first-order chi connectivity index (χ1) is 17.6. The van der Waals surface area contributed by atoms with Gasteiger partial charge in [0.25, 0.3) is 0 Å². The van der Waals surface area contributed by atoms with E-state index in [0.29, 0.717) is 0 Å². The summed E-state index contributed by atoms with van der Waals surface area (Å²) < 4.78 is 16.0. The van der Waals surface area contributed by atoms with E-state index in [-0.39, 0.29) is 25.6 Å². The standard InChI is InChI=1S/C28H34N2O7/c1-5-35-25(32)20-14-22(29-27(34)37-28(2,3)4)24(31)23(20)30-26(33)36-15-21-18-12-8-6-10-16(18)17-11-7-9-13-19(17)21/h6-13,20-24,31H,5,14-15H2,1-4H3,(H,29,34)(H,30,33)/t20-,22+,23+,24+/m0/s1. The van der Waals surface area contributed by atoms with Gasteiger partial charge in [-0.2, -0.15) is 0 Å². The van der Waals surface area contributed by atoms with Crippen molar-refractivity contribution in [2.45, 2.75) is 63.8 Å². The lowest BCUT2D eigenvalue weighted by atomic mass is 9.98. The number of fused-ring (bicyclic) bond motifs is 3. The van der Waals surface area contributed by atoms with E-state index in [1.54, 1.807) is 27.7 Å². The summed E-state index contributed by atoms with van der Waals surface area (Å²) in [6.07, 6.45) is -2.66. The number of alkyl carbamates (subject to hydrolysis) is 2. The SMILES string of the molecule is CCOC(=O)[C@H]1C[C@@H](NC(=O)OC(C)(C)C)[C@@H](O)[C@@H]1NC(=O)OCC1c2ccccc2-c2ccccc21. The molecule has 0 saturated heterocycles. The van der Waals surface area contributed by atoms with Crippen molar-refractivity contribution in [1.29, 1.82) is 0 Å². The van der Waals surface area contributed by atoms with Crippen LogP contribution in [0.1, 0.15) is 51.2 Å². The third kappa shape index (κ3) is 5.88. The molecular formula is C28H34N2O7. The molecule has 0 radical (unpaired) electrons. The van der Waals surface area contributed by atoms with Gasteiger partial charge in [0, 0.05) is 5.92 Å². The number of hydrogen-bond donors (Lipinski definition) is 3. The number of ether oxygens (including phenoxy) is 3. The van der Waals surface area contributed by atoms with Gasteiger partial charge in [-0.05, 0) is 56.4 Å². The number of hydrogen-bond acceptors (Lipinski definition) is 7. The molecule has 37 heavy (non-hydrogen) atoms. The average molecular weight is 511 g/mol.